The minimum atomic E-state index is -0.173. The van der Waals surface area contributed by atoms with Crippen molar-refractivity contribution in [1.82, 2.24) is 44.4 Å². The molecule has 13 nitrogen and oxygen atoms in total. The SMILES string of the molecule is N#Cc1ncnc(N2CCN(Cc3ccc(-n4c(-c5cccnc5N)nc5ccc(-c6ccc(=O)[nH]c6)nc54)cc3)CC2)n1. The van der Waals surface area contributed by atoms with Crippen LogP contribution in [-0.2, 0) is 6.54 Å². The van der Waals surface area contributed by atoms with Crippen molar-refractivity contribution in [2.45, 2.75) is 6.54 Å². The van der Waals surface area contributed by atoms with Crippen LogP contribution in [0.25, 0.3) is 39.5 Å². The van der Waals surface area contributed by atoms with Crippen molar-refractivity contribution in [2.75, 3.05) is 36.8 Å². The Kier molecular flexibility index (Phi) is 6.93. The topological polar surface area (TPSA) is 171 Å². The van der Waals surface area contributed by atoms with E-state index in [1.807, 2.05) is 34.9 Å². The quantitative estimate of drug-likeness (QED) is 0.296. The van der Waals surface area contributed by atoms with Gasteiger partial charge < -0.3 is 15.6 Å². The number of H-pyrrole nitrogens is 1. The summed E-state index contributed by atoms with van der Waals surface area (Å²) in [6.07, 6.45) is 4.69. The summed E-state index contributed by atoms with van der Waals surface area (Å²) in [6.45, 7) is 3.98. The van der Waals surface area contributed by atoms with Crippen LogP contribution in [0, 0.1) is 11.3 Å². The van der Waals surface area contributed by atoms with Gasteiger partial charge in [0, 0.05) is 62.4 Å². The molecule has 1 aliphatic heterocycles. The Bertz CT molecular complexity index is 2050. The van der Waals surface area contributed by atoms with Crippen LogP contribution in [0.2, 0.25) is 0 Å². The Labute approximate surface area is 251 Å². The molecular formula is C31H26N12O. The molecule has 44 heavy (non-hydrogen) atoms. The van der Waals surface area contributed by atoms with Gasteiger partial charge in [-0.15, -0.1) is 0 Å². The number of aromatic amines is 1. The number of imidazole rings is 1. The Morgan fingerprint density at radius 3 is 2.50 bits per heavy atom. The van der Waals surface area contributed by atoms with E-state index in [9.17, 15) is 4.79 Å². The minimum Gasteiger partial charge on any atom is -0.383 e. The van der Waals surface area contributed by atoms with Crippen LogP contribution in [0.3, 0.4) is 0 Å². The zero-order valence-electron chi connectivity index (χ0n) is 23.5. The summed E-state index contributed by atoms with van der Waals surface area (Å²) in [6, 6.07) is 21.1. The van der Waals surface area contributed by atoms with E-state index in [-0.39, 0.29) is 11.4 Å². The van der Waals surface area contributed by atoms with E-state index in [1.165, 1.54) is 18.0 Å². The summed E-state index contributed by atoms with van der Waals surface area (Å²) in [5.74, 6) is 1.68. The molecule has 1 aromatic carbocycles. The minimum absolute atomic E-state index is 0.125. The zero-order chi connectivity index (χ0) is 30.0. The van der Waals surface area contributed by atoms with E-state index in [2.05, 4.69) is 59.0 Å². The number of nitrogens with two attached hydrogens (primary N) is 1. The molecule has 0 bridgehead atoms. The lowest BCUT2D eigenvalue weighted by molar-refractivity contribution is 0.248. The molecule has 1 fully saturated rings. The number of nitrogens with zero attached hydrogens (tertiary/aromatic N) is 10. The average molecular weight is 583 g/mol. The third-order valence-corrected chi connectivity index (χ3v) is 7.58. The molecule has 1 aliphatic rings. The number of rotatable bonds is 6. The van der Waals surface area contributed by atoms with Crippen molar-refractivity contribution in [2.24, 2.45) is 0 Å². The van der Waals surface area contributed by atoms with Gasteiger partial charge in [0.05, 0.1) is 11.3 Å². The smallest absolute Gasteiger partial charge is 0.247 e. The lowest BCUT2D eigenvalue weighted by Crippen LogP contribution is -2.46. The lowest BCUT2D eigenvalue weighted by atomic mass is 10.1. The van der Waals surface area contributed by atoms with E-state index >= 15 is 0 Å². The highest BCUT2D eigenvalue weighted by atomic mass is 16.1. The van der Waals surface area contributed by atoms with E-state index in [0.29, 0.717) is 40.0 Å². The maximum Gasteiger partial charge on any atom is 0.247 e. The number of anilines is 2. The van der Waals surface area contributed by atoms with Crippen molar-refractivity contribution >= 4 is 22.9 Å². The second kappa shape index (κ2) is 11.3. The first-order valence-corrected chi connectivity index (χ1v) is 14.0. The number of nitrogens with one attached hydrogen (secondary N) is 1. The molecule has 0 amide bonds. The number of aromatic nitrogens is 8. The molecule has 5 aromatic heterocycles. The van der Waals surface area contributed by atoms with Crippen LogP contribution in [-0.4, -0.2) is 70.5 Å². The van der Waals surface area contributed by atoms with Crippen LogP contribution in [0.15, 0.2) is 84.2 Å². The van der Waals surface area contributed by atoms with Gasteiger partial charge in [-0.2, -0.15) is 10.2 Å². The average Bonchev–Trinajstić information content (AvgIpc) is 3.44. The number of hydrogen-bond acceptors (Lipinski definition) is 11. The maximum absolute atomic E-state index is 11.6. The molecule has 7 rings (SSSR count). The standard InChI is InChI=1S/C31H26N12O/c32-16-26-36-19-37-31(40-26)42-14-12-41(13-15-42)18-20-3-6-22(7-4-20)43-29(23-2-1-11-34-28(23)33)39-25-9-8-24(38-30(25)43)21-5-10-27(44)35-17-21/h1-11,17,19H,12-15,18H2,(H2,33,34)(H,35,44). The summed E-state index contributed by atoms with van der Waals surface area (Å²) in [4.78, 5) is 45.3. The number of fused-ring (bicyclic) bond motifs is 1. The monoisotopic (exact) mass is 582 g/mol. The van der Waals surface area contributed by atoms with Gasteiger partial charge in [0.2, 0.25) is 17.3 Å². The van der Waals surface area contributed by atoms with Gasteiger partial charge in [-0.25, -0.2) is 24.9 Å². The third kappa shape index (κ3) is 5.21. The predicted molar refractivity (Wildman–Crippen MR) is 165 cm³/mol. The summed E-state index contributed by atoms with van der Waals surface area (Å²) in [5.41, 5.74) is 11.7. The summed E-state index contributed by atoms with van der Waals surface area (Å²) < 4.78 is 1.99. The van der Waals surface area contributed by atoms with E-state index < -0.39 is 0 Å². The van der Waals surface area contributed by atoms with Crippen LogP contribution in [0.1, 0.15) is 11.4 Å². The fraction of sp³-hybridized carbons (Fsp3) is 0.161. The Balaban J connectivity index is 1.17. The normalized spacial score (nSPS) is 13.7. The first kappa shape index (κ1) is 26.9. The van der Waals surface area contributed by atoms with Crippen LogP contribution < -0.4 is 16.2 Å². The highest BCUT2D eigenvalue weighted by molar-refractivity contribution is 5.84. The van der Waals surface area contributed by atoms with Gasteiger partial charge in [0.15, 0.2) is 11.5 Å². The van der Waals surface area contributed by atoms with Gasteiger partial charge in [0.1, 0.15) is 23.7 Å². The second-order valence-corrected chi connectivity index (χ2v) is 10.3. The number of piperazine rings is 1. The Hall–Kier alpha value is -6.00. The predicted octanol–water partition coefficient (Wildman–Crippen LogP) is 2.80. The molecule has 0 unspecified atom stereocenters. The number of nitrogen functional groups attached to an aromatic ring is 1. The van der Waals surface area contributed by atoms with Crippen molar-refractivity contribution in [3.8, 4) is 34.4 Å². The van der Waals surface area contributed by atoms with E-state index in [0.717, 1.165) is 44.0 Å². The first-order chi connectivity index (χ1) is 21.6. The second-order valence-electron chi connectivity index (χ2n) is 10.3. The van der Waals surface area contributed by atoms with Crippen LogP contribution in [0.5, 0.6) is 0 Å². The lowest BCUT2D eigenvalue weighted by Gasteiger charge is -2.34. The molecule has 1 saturated heterocycles. The molecule has 0 radical (unpaired) electrons. The molecule has 0 atom stereocenters. The molecule has 216 valence electrons. The van der Waals surface area contributed by atoms with E-state index in [4.69, 9.17) is 21.0 Å². The van der Waals surface area contributed by atoms with Gasteiger partial charge in [-0.3, -0.25) is 14.3 Å². The molecular weight excluding hydrogens is 556 g/mol. The van der Waals surface area contributed by atoms with Crippen LogP contribution in [0.4, 0.5) is 11.8 Å². The molecule has 6 heterocycles. The molecule has 0 aliphatic carbocycles. The molecule has 3 N–H and O–H groups in total. The molecule has 13 heteroatoms. The van der Waals surface area contributed by atoms with Crippen molar-refractivity contribution in [1.29, 1.82) is 5.26 Å². The molecule has 6 aromatic rings. The number of nitriles is 1. The van der Waals surface area contributed by atoms with Gasteiger partial charge in [0.25, 0.3) is 0 Å². The number of benzene rings is 1. The van der Waals surface area contributed by atoms with Gasteiger partial charge in [-0.1, -0.05) is 12.1 Å². The summed E-state index contributed by atoms with van der Waals surface area (Å²) in [5, 5.41) is 9.09. The molecule has 0 spiro atoms. The highest BCUT2D eigenvalue weighted by Crippen LogP contribution is 2.31. The van der Waals surface area contributed by atoms with Crippen molar-refractivity contribution < 1.29 is 0 Å². The van der Waals surface area contributed by atoms with Crippen molar-refractivity contribution in [3.63, 3.8) is 0 Å². The fourth-order valence-corrected chi connectivity index (χ4v) is 5.33. The zero-order valence-corrected chi connectivity index (χ0v) is 23.5. The van der Waals surface area contributed by atoms with Gasteiger partial charge >= 0.3 is 0 Å². The van der Waals surface area contributed by atoms with E-state index in [1.54, 1.807) is 18.5 Å². The fourth-order valence-electron chi connectivity index (χ4n) is 5.33. The van der Waals surface area contributed by atoms with Crippen LogP contribution >= 0.6 is 0 Å². The summed E-state index contributed by atoms with van der Waals surface area (Å²) >= 11 is 0. The first-order valence-electron chi connectivity index (χ1n) is 14.0. The summed E-state index contributed by atoms with van der Waals surface area (Å²) in [7, 11) is 0. The maximum atomic E-state index is 11.6. The third-order valence-electron chi connectivity index (χ3n) is 7.58. The van der Waals surface area contributed by atoms with Gasteiger partial charge in [-0.05, 0) is 48.0 Å². The Morgan fingerprint density at radius 1 is 0.909 bits per heavy atom. The number of pyridine rings is 3. The van der Waals surface area contributed by atoms with Crippen molar-refractivity contribution in [3.05, 3.63) is 101 Å². The highest BCUT2D eigenvalue weighted by Gasteiger charge is 2.21. The largest absolute Gasteiger partial charge is 0.383 e. The Morgan fingerprint density at radius 2 is 1.75 bits per heavy atom. The molecule has 0 saturated carbocycles. The number of hydrogen-bond donors (Lipinski definition) is 2.